The van der Waals surface area contributed by atoms with Gasteiger partial charge in [0.15, 0.2) is 15.0 Å². The Hall–Kier alpha value is -1.61. The van der Waals surface area contributed by atoms with Crippen LogP contribution >= 0.6 is 35.0 Å². The van der Waals surface area contributed by atoms with Crippen LogP contribution in [0.25, 0.3) is 0 Å². The van der Waals surface area contributed by atoms with Crippen molar-refractivity contribution in [1.29, 1.82) is 0 Å². The van der Waals surface area contributed by atoms with Gasteiger partial charge in [-0.2, -0.15) is 4.99 Å². The third-order valence-electron chi connectivity index (χ3n) is 4.77. The lowest BCUT2D eigenvalue weighted by molar-refractivity contribution is -0.117. The molecule has 29 heavy (non-hydrogen) atoms. The normalized spacial score (nSPS) is 24.1. The summed E-state index contributed by atoms with van der Waals surface area (Å²) in [5.41, 5.74) is 1.06. The molecule has 1 amide bonds. The van der Waals surface area contributed by atoms with Gasteiger partial charge < -0.3 is 4.90 Å². The molecule has 2 heterocycles. The number of amides is 1. The van der Waals surface area contributed by atoms with E-state index in [1.54, 1.807) is 35.2 Å². The van der Waals surface area contributed by atoms with E-state index in [9.17, 15) is 17.6 Å². The Morgan fingerprint density at radius 2 is 1.93 bits per heavy atom. The monoisotopic (exact) mass is 472 g/mol. The van der Waals surface area contributed by atoms with Crippen molar-refractivity contribution in [2.45, 2.75) is 17.7 Å². The largest absolute Gasteiger partial charge is 0.315 e. The van der Waals surface area contributed by atoms with Crippen molar-refractivity contribution in [2.24, 2.45) is 4.99 Å². The molecule has 4 rings (SSSR count). The molecule has 0 radical (unpaired) electrons. The molecule has 2 saturated heterocycles. The number of aliphatic imine (C=N–C) groups is 1. The number of carbonyl (C=O) groups is 1. The molecule has 2 aliphatic heterocycles. The third kappa shape index (κ3) is 4.30. The average Bonchev–Trinajstić information content (AvgIpc) is 3.10. The van der Waals surface area contributed by atoms with E-state index in [2.05, 4.69) is 4.99 Å². The Bertz CT molecular complexity index is 1120. The summed E-state index contributed by atoms with van der Waals surface area (Å²) in [5.74, 6) is -1.12. The highest BCUT2D eigenvalue weighted by Gasteiger charge is 2.49. The lowest BCUT2D eigenvalue weighted by atomic mass is 10.1. The van der Waals surface area contributed by atoms with Crippen LogP contribution in [0.1, 0.15) is 5.56 Å². The van der Waals surface area contributed by atoms with Crippen LogP contribution in [0, 0.1) is 5.82 Å². The maximum absolute atomic E-state index is 14.0. The fraction of sp³-hybridized carbons (Fsp3) is 0.263. The number of thioether (sulfide) groups is 1. The zero-order valence-corrected chi connectivity index (χ0v) is 18.0. The first-order valence-corrected chi connectivity index (χ1v) is 12.2. The topological polar surface area (TPSA) is 66.8 Å². The number of hydrogen-bond acceptors (Lipinski definition) is 4. The van der Waals surface area contributed by atoms with E-state index in [0.29, 0.717) is 21.4 Å². The van der Waals surface area contributed by atoms with Crippen molar-refractivity contribution in [3.8, 4) is 0 Å². The van der Waals surface area contributed by atoms with Crippen molar-refractivity contribution in [3.05, 3.63) is 63.9 Å². The van der Waals surface area contributed by atoms with Crippen LogP contribution in [-0.4, -0.2) is 42.3 Å². The highest BCUT2D eigenvalue weighted by atomic mass is 35.5. The summed E-state index contributed by atoms with van der Waals surface area (Å²) < 4.78 is 38.2. The zero-order chi connectivity index (χ0) is 20.8. The smallest absolute Gasteiger partial charge is 0.252 e. The summed E-state index contributed by atoms with van der Waals surface area (Å²) in [6, 6.07) is 10.8. The van der Waals surface area contributed by atoms with Crippen molar-refractivity contribution < 1.29 is 17.6 Å². The predicted octanol–water partition coefficient (Wildman–Crippen LogP) is 3.98. The molecule has 0 aliphatic carbocycles. The molecule has 0 unspecified atom stereocenters. The van der Waals surface area contributed by atoms with Crippen LogP contribution < -0.4 is 4.90 Å². The minimum atomic E-state index is -3.21. The van der Waals surface area contributed by atoms with Gasteiger partial charge in [-0.15, -0.1) is 0 Å². The van der Waals surface area contributed by atoms with Gasteiger partial charge in [0, 0.05) is 16.0 Å². The second-order valence-corrected chi connectivity index (χ2v) is 11.0. The van der Waals surface area contributed by atoms with Crippen molar-refractivity contribution in [3.63, 3.8) is 0 Å². The summed E-state index contributed by atoms with van der Waals surface area (Å²) in [5, 5.41) is 0.517. The van der Waals surface area contributed by atoms with Crippen molar-refractivity contribution in [2.75, 3.05) is 16.4 Å². The second kappa shape index (κ2) is 7.91. The van der Waals surface area contributed by atoms with Crippen LogP contribution in [0.3, 0.4) is 0 Å². The fourth-order valence-electron chi connectivity index (χ4n) is 3.45. The predicted molar refractivity (Wildman–Crippen MR) is 115 cm³/mol. The number of halogens is 3. The van der Waals surface area contributed by atoms with E-state index in [1.807, 2.05) is 0 Å². The van der Waals surface area contributed by atoms with Crippen LogP contribution in [0.5, 0.6) is 0 Å². The minimum absolute atomic E-state index is 0.00731. The molecule has 10 heteroatoms. The Labute approximate surface area is 181 Å². The van der Waals surface area contributed by atoms with Crippen LogP contribution in [0.15, 0.2) is 47.5 Å². The molecule has 2 fully saturated rings. The number of amidine groups is 1. The zero-order valence-electron chi connectivity index (χ0n) is 14.9. The average molecular weight is 473 g/mol. The Morgan fingerprint density at radius 1 is 1.17 bits per heavy atom. The quantitative estimate of drug-likeness (QED) is 0.675. The SMILES string of the molecule is O=C(Cc1ccccc1Cl)N=C1S[C@H]2CS(=O)(=O)C[C@@H]2N1c1ccc(Cl)c(F)c1. The molecule has 152 valence electrons. The number of sulfone groups is 1. The molecule has 5 nitrogen and oxygen atoms in total. The van der Waals surface area contributed by atoms with E-state index in [-0.39, 0.29) is 28.2 Å². The molecule has 2 atom stereocenters. The number of carbonyl (C=O) groups excluding carboxylic acids is 1. The molecular formula is C19H15Cl2FN2O3S2. The summed E-state index contributed by atoms with van der Waals surface area (Å²) in [6.45, 7) is 0. The lowest BCUT2D eigenvalue weighted by Crippen LogP contribution is -2.37. The van der Waals surface area contributed by atoms with Gasteiger partial charge in [0.2, 0.25) is 0 Å². The Morgan fingerprint density at radius 3 is 2.66 bits per heavy atom. The maximum Gasteiger partial charge on any atom is 0.252 e. The van der Waals surface area contributed by atoms with Crippen molar-refractivity contribution in [1.82, 2.24) is 0 Å². The second-order valence-electron chi connectivity index (χ2n) is 6.83. The number of fused-ring (bicyclic) bond motifs is 1. The van der Waals surface area contributed by atoms with E-state index in [1.165, 1.54) is 23.9 Å². The maximum atomic E-state index is 14.0. The van der Waals surface area contributed by atoms with E-state index < -0.39 is 27.6 Å². The van der Waals surface area contributed by atoms with E-state index in [0.717, 1.165) is 0 Å². The summed E-state index contributed by atoms with van der Waals surface area (Å²) in [7, 11) is -3.21. The van der Waals surface area contributed by atoms with Gasteiger partial charge in [-0.25, -0.2) is 12.8 Å². The van der Waals surface area contributed by atoms with Gasteiger partial charge in [-0.3, -0.25) is 4.79 Å². The minimum Gasteiger partial charge on any atom is -0.315 e. The van der Waals surface area contributed by atoms with Gasteiger partial charge in [-0.1, -0.05) is 53.2 Å². The molecule has 0 N–H and O–H groups in total. The molecule has 0 bridgehead atoms. The lowest BCUT2D eigenvalue weighted by Gasteiger charge is -2.24. The van der Waals surface area contributed by atoms with Crippen LogP contribution in [-0.2, 0) is 21.1 Å². The van der Waals surface area contributed by atoms with Gasteiger partial charge in [-0.05, 0) is 29.8 Å². The van der Waals surface area contributed by atoms with E-state index in [4.69, 9.17) is 23.2 Å². The fourth-order valence-corrected chi connectivity index (χ4v) is 7.70. The highest BCUT2D eigenvalue weighted by Crippen LogP contribution is 2.41. The molecule has 0 aromatic heterocycles. The van der Waals surface area contributed by atoms with E-state index >= 15 is 0 Å². The number of hydrogen-bond donors (Lipinski definition) is 0. The molecular weight excluding hydrogens is 458 g/mol. The van der Waals surface area contributed by atoms with Gasteiger partial charge in [0.25, 0.3) is 5.91 Å². The molecule has 2 aromatic rings. The number of benzene rings is 2. The van der Waals surface area contributed by atoms with Crippen LogP contribution in [0.4, 0.5) is 10.1 Å². The van der Waals surface area contributed by atoms with Crippen molar-refractivity contribution >= 4 is 61.6 Å². The standard InChI is InChI=1S/C19H15Cl2FN2O3S2/c20-13-4-2-1-3-11(13)7-18(25)23-19-24(12-5-6-14(21)15(22)8-12)16-9-29(26,27)10-17(16)28-19/h1-6,8,16-17H,7,9-10H2/t16-,17-/m0/s1. The van der Waals surface area contributed by atoms with Gasteiger partial charge in [0.1, 0.15) is 5.82 Å². The first-order valence-electron chi connectivity index (χ1n) is 8.70. The molecule has 2 aliphatic rings. The summed E-state index contributed by atoms with van der Waals surface area (Å²) in [4.78, 5) is 18.4. The summed E-state index contributed by atoms with van der Waals surface area (Å²) >= 11 is 13.1. The van der Waals surface area contributed by atoms with Crippen LogP contribution in [0.2, 0.25) is 10.0 Å². The number of anilines is 1. The molecule has 0 saturated carbocycles. The third-order valence-corrected chi connectivity index (χ3v) is 8.65. The number of rotatable bonds is 3. The van der Waals surface area contributed by atoms with Gasteiger partial charge in [0.05, 0.1) is 29.0 Å². The molecule has 0 spiro atoms. The highest BCUT2D eigenvalue weighted by molar-refractivity contribution is 8.16. The number of nitrogens with zero attached hydrogens (tertiary/aromatic N) is 2. The first kappa shape index (κ1) is 20.7. The first-order chi connectivity index (χ1) is 13.7. The molecule has 2 aromatic carbocycles. The summed E-state index contributed by atoms with van der Waals surface area (Å²) in [6.07, 6.45) is 0.0141. The van der Waals surface area contributed by atoms with Gasteiger partial charge >= 0.3 is 0 Å². The Kier molecular flexibility index (Phi) is 5.63. The Balaban J connectivity index is 1.67.